The first-order valence-electron chi connectivity index (χ1n) is 10.6. The number of piperazine rings is 1. The number of nitrogens with zero attached hydrogens (tertiary/aromatic N) is 4. The molecule has 0 N–H and O–H groups in total. The van der Waals surface area contributed by atoms with Crippen molar-refractivity contribution in [2.75, 3.05) is 32.7 Å². The zero-order chi connectivity index (χ0) is 21.1. The van der Waals surface area contributed by atoms with Crippen molar-refractivity contribution in [3.8, 4) is 0 Å². The molecule has 0 radical (unpaired) electrons. The first kappa shape index (κ1) is 20.6. The molecule has 0 spiro atoms. The van der Waals surface area contributed by atoms with E-state index >= 15 is 0 Å². The SMILES string of the molecule is Cc1cc(CN2CCN(CC(=O)c3cc(C)n(Cc4ccccc4)c3C)CC2)no1. The number of aromatic nitrogens is 2. The maximum absolute atomic E-state index is 13.0. The van der Waals surface area contributed by atoms with E-state index in [0.717, 1.165) is 67.7 Å². The van der Waals surface area contributed by atoms with Gasteiger partial charge in [0.1, 0.15) is 5.76 Å². The molecule has 6 heteroatoms. The highest BCUT2D eigenvalue weighted by atomic mass is 16.5. The zero-order valence-electron chi connectivity index (χ0n) is 18.1. The maximum atomic E-state index is 13.0. The lowest BCUT2D eigenvalue weighted by Crippen LogP contribution is -2.47. The summed E-state index contributed by atoms with van der Waals surface area (Å²) in [5.74, 6) is 1.06. The summed E-state index contributed by atoms with van der Waals surface area (Å²) in [5.41, 5.74) is 5.26. The van der Waals surface area contributed by atoms with E-state index in [1.54, 1.807) is 0 Å². The number of Topliss-reactive ketones (excluding diaryl/α,β-unsaturated/α-hetero) is 1. The van der Waals surface area contributed by atoms with E-state index in [2.05, 4.69) is 57.6 Å². The van der Waals surface area contributed by atoms with Crippen LogP contribution in [0.2, 0.25) is 0 Å². The van der Waals surface area contributed by atoms with Gasteiger partial charge in [-0.05, 0) is 32.4 Å². The first-order chi connectivity index (χ1) is 14.5. The number of benzene rings is 1. The molecule has 0 atom stereocenters. The quantitative estimate of drug-likeness (QED) is 0.563. The van der Waals surface area contributed by atoms with Gasteiger partial charge in [-0.2, -0.15) is 0 Å². The molecule has 3 aromatic rings. The Balaban J connectivity index is 1.34. The first-order valence-corrected chi connectivity index (χ1v) is 10.6. The third-order valence-corrected chi connectivity index (χ3v) is 5.95. The molecular weight excluding hydrogens is 376 g/mol. The number of hydrogen-bond donors (Lipinski definition) is 0. The van der Waals surface area contributed by atoms with Crippen LogP contribution < -0.4 is 0 Å². The molecule has 0 saturated carbocycles. The molecule has 3 heterocycles. The summed E-state index contributed by atoms with van der Waals surface area (Å²) in [7, 11) is 0. The minimum Gasteiger partial charge on any atom is -0.361 e. The Morgan fingerprint density at radius 1 is 0.967 bits per heavy atom. The average molecular weight is 407 g/mol. The molecule has 1 fully saturated rings. The van der Waals surface area contributed by atoms with Gasteiger partial charge in [0, 0.05) is 62.3 Å². The Morgan fingerprint density at radius 3 is 2.33 bits per heavy atom. The maximum Gasteiger partial charge on any atom is 0.178 e. The van der Waals surface area contributed by atoms with Crippen LogP contribution in [-0.4, -0.2) is 58.0 Å². The normalized spacial score (nSPS) is 15.6. The lowest BCUT2D eigenvalue weighted by molar-refractivity contribution is 0.0840. The van der Waals surface area contributed by atoms with Crippen LogP contribution in [0.4, 0.5) is 0 Å². The minimum atomic E-state index is 0.211. The topological polar surface area (TPSA) is 54.5 Å². The summed E-state index contributed by atoms with van der Waals surface area (Å²) >= 11 is 0. The van der Waals surface area contributed by atoms with Crippen molar-refractivity contribution in [1.82, 2.24) is 19.5 Å². The second-order valence-corrected chi connectivity index (χ2v) is 8.26. The van der Waals surface area contributed by atoms with Crippen LogP contribution in [0.15, 0.2) is 47.0 Å². The smallest absolute Gasteiger partial charge is 0.178 e. The van der Waals surface area contributed by atoms with Crippen LogP contribution in [0.1, 0.15) is 38.8 Å². The molecular formula is C24H30N4O2. The Morgan fingerprint density at radius 2 is 1.67 bits per heavy atom. The molecule has 1 aliphatic rings. The van der Waals surface area contributed by atoms with Crippen LogP contribution in [0.25, 0.3) is 0 Å². The van der Waals surface area contributed by atoms with Crippen molar-refractivity contribution in [3.05, 3.63) is 76.4 Å². The van der Waals surface area contributed by atoms with Gasteiger partial charge in [0.15, 0.2) is 5.78 Å². The standard InChI is InChI=1S/C24H30N4O2/c1-18-13-23(20(3)28(18)15-21-7-5-4-6-8-21)24(29)17-27-11-9-26(10-12-27)16-22-14-19(2)30-25-22/h4-8,13-14H,9-12,15-17H2,1-3H3. The van der Waals surface area contributed by atoms with Gasteiger partial charge in [0.25, 0.3) is 0 Å². The van der Waals surface area contributed by atoms with Crippen molar-refractivity contribution in [2.24, 2.45) is 0 Å². The number of hydrogen-bond acceptors (Lipinski definition) is 5. The van der Waals surface area contributed by atoms with E-state index in [1.165, 1.54) is 5.56 Å². The monoisotopic (exact) mass is 406 g/mol. The molecule has 30 heavy (non-hydrogen) atoms. The number of carbonyl (C=O) groups is 1. The van der Waals surface area contributed by atoms with Crippen molar-refractivity contribution in [2.45, 2.75) is 33.9 Å². The highest BCUT2D eigenvalue weighted by molar-refractivity contribution is 5.99. The predicted molar refractivity (Wildman–Crippen MR) is 117 cm³/mol. The Kier molecular flexibility index (Phi) is 6.16. The summed E-state index contributed by atoms with van der Waals surface area (Å²) in [5, 5.41) is 4.08. The Labute approximate surface area is 178 Å². The van der Waals surface area contributed by atoms with E-state index in [0.29, 0.717) is 6.54 Å². The average Bonchev–Trinajstić information content (AvgIpc) is 3.27. The summed E-state index contributed by atoms with van der Waals surface area (Å²) < 4.78 is 7.39. The third kappa shape index (κ3) is 4.71. The minimum absolute atomic E-state index is 0.211. The molecule has 6 nitrogen and oxygen atoms in total. The second kappa shape index (κ2) is 8.98. The van der Waals surface area contributed by atoms with Crippen LogP contribution in [0.3, 0.4) is 0 Å². The van der Waals surface area contributed by atoms with Gasteiger partial charge in [0.05, 0.1) is 12.2 Å². The summed E-state index contributed by atoms with van der Waals surface area (Å²) in [4.78, 5) is 17.7. The fraction of sp³-hybridized carbons (Fsp3) is 0.417. The number of rotatable bonds is 7. The van der Waals surface area contributed by atoms with Gasteiger partial charge >= 0.3 is 0 Å². The van der Waals surface area contributed by atoms with Crippen molar-refractivity contribution in [1.29, 1.82) is 0 Å². The molecule has 1 aliphatic heterocycles. The van der Waals surface area contributed by atoms with Gasteiger partial charge in [-0.3, -0.25) is 14.6 Å². The lowest BCUT2D eigenvalue weighted by Gasteiger charge is -2.33. The van der Waals surface area contributed by atoms with Crippen molar-refractivity contribution in [3.63, 3.8) is 0 Å². The summed E-state index contributed by atoms with van der Waals surface area (Å²) in [6.07, 6.45) is 0. The van der Waals surface area contributed by atoms with E-state index in [4.69, 9.17) is 4.52 Å². The van der Waals surface area contributed by atoms with Crippen LogP contribution in [0.5, 0.6) is 0 Å². The zero-order valence-corrected chi connectivity index (χ0v) is 18.1. The number of aryl methyl sites for hydroxylation is 2. The molecule has 2 aromatic heterocycles. The van der Waals surface area contributed by atoms with Gasteiger partial charge in [0.2, 0.25) is 0 Å². The Hall–Kier alpha value is -2.70. The summed E-state index contributed by atoms with van der Waals surface area (Å²) in [6.45, 7) is 11.8. The molecule has 0 aliphatic carbocycles. The second-order valence-electron chi connectivity index (χ2n) is 8.26. The molecule has 0 unspecified atom stereocenters. The van der Waals surface area contributed by atoms with Gasteiger partial charge in [-0.1, -0.05) is 35.5 Å². The Bertz CT molecular complexity index is 998. The largest absolute Gasteiger partial charge is 0.361 e. The van der Waals surface area contributed by atoms with Crippen LogP contribution in [0, 0.1) is 20.8 Å². The fourth-order valence-corrected chi connectivity index (χ4v) is 4.21. The third-order valence-electron chi connectivity index (χ3n) is 5.95. The van der Waals surface area contributed by atoms with E-state index in [1.807, 2.05) is 25.1 Å². The van der Waals surface area contributed by atoms with Crippen molar-refractivity contribution >= 4 is 5.78 Å². The van der Waals surface area contributed by atoms with Crippen LogP contribution >= 0.6 is 0 Å². The molecule has 4 rings (SSSR count). The molecule has 0 amide bonds. The number of ketones is 1. The molecule has 158 valence electrons. The highest BCUT2D eigenvalue weighted by Gasteiger charge is 2.22. The van der Waals surface area contributed by atoms with E-state index < -0.39 is 0 Å². The van der Waals surface area contributed by atoms with Gasteiger partial charge < -0.3 is 9.09 Å². The van der Waals surface area contributed by atoms with E-state index in [9.17, 15) is 4.79 Å². The van der Waals surface area contributed by atoms with Gasteiger partial charge in [-0.25, -0.2) is 0 Å². The lowest BCUT2D eigenvalue weighted by atomic mass is 10.1. The van der Waals surface area contributed by atoms with Gasteiger partial charge in [-0.15, -0.1) is 0 Å². The number of carbonyl (C=O) groups excluding carboxylic acids is 1. The van der Waals surface area contributed by atoms with Crippen LogP contribution in [-0.2, 0) is 13.1 Å². The summed E-state index contributed by atoms with van der Waals surface area (Å²) in [6, 6.07) is 14.4. The molecule has 1 saturated heterocycles. The highest BCUT2D eigenvalue weighted by Crippen LogP contribution is 2.19. The predicted octanol–water partition coefficient (Wildman–Crippen LogP) is 3.45. The van der Waals surface area contributed by atoms with E-state index in [-0.39, 0.29) is 5.78 Å². The molecule has 1 aromatic carbocycles. The van der Waals surface area contributed by atoms with Crippen molar-refractivity contribution < 1.29 is 9.32 Å². The fourth-order valence-electron chi connectivity index (χ4n) is 4.21. The molecule has 0 bridgehead atoms.